The molecule has 4 rings (SSSR count). The van der Waals surface area contributed by atoms with Gasteiger partial charge in [-0.25, -0.2) is 9.67 Å². The Hall–Kier alpha value is -2.96. The number of carbonyl (C=O) groups is 1. The van der Waals surface area contributed by atoms with Gasteiger partial charge in [0.25, 0.3) is 5.91 Å². The lowest BCUT2D eigenvalue weighted by Gasteiger charge is -2.25. The molecule has 1 aliphatic rings. The highest BCUT2D eigenvalue weighted by Gasteiger charge is 2.26. The van der Waals surface area contributed by atoms with Crippen LogP contribution in [0.2, 0.25) is 0 Å². The zero-order valence-electron chi connectivity index (χ0n) is 13.5. The van der Waals surface area contributed by atoms with E-state index in [1.54, 1.807) is 22.1 Å². The molecule has 0 unspecified atom stereocenters. The second kappa shape index (κ2) is 5.92. The van der Waals surface area contributed by atoms with Gasteiger partial charge >= 0.3 is 0 Å². The SMILES string of the molecule is Cn1cnc2c1CCN(C(=O)c1cn(Cc3ccccc3)nn1)C2. The van der Waals surface area contributed by atoms with E-state index >= 15 is 0 Å². The van der Waals surface area contributed by atoms with Crippen LogP contribution < -0.4 is 0 Å². The van der Waals surface area contributed by atoms with E-state index in [9.17, 15) is 4.79 Å². The third-order valence-corrected chi connectivity index (χ3v) is 4.34. The first-order chi connectivity index (χ1) is 11.7. The molecule has 0 aliphatic carbocycles. The van der Waals surface area contributed by atoms with E-state index in [1.165, 1.54) is 5.69 Å². The first kappa shape index (κ1) is 14.6. The lowest BCUT2D eigenvalue weighted by atomic mass is 10.1. The highest BCUT2D eigenvalue weighted by atomic mass is 16.2. The molecule has 2 aromatic heterocycles. The number of rotatable bonds is 3. The molecule has 1 aliphatic heterocycles. The molecule has 3 aromatic rings. The molecule has 24 heavy (non-hydrogen) atoms. The van der Waals surface area contributed by atoms with Gasteiger partial charge in [0.2, 0.25) is 0 Å². The molecule has 0 radical (unpaired) electrons. The molecule has 0 spiro atoms. The van der Waals surface area contributed by atoms with Crippen molar-refractivity contribution >= 4 is 5.91 Å². The largest absolute Gasteiger partial charge is 0.337 e. The van der Waals surface area contributed by atoms with E-state index in [0.717, 1.165) is 17.7 Å². The molecule has 0 fully saturated rings. The van der Waals surface area contributed by atoms with Gasteiger partial charge in [0.1, 0.15) is 0 Å². The molecule has 0 atom stereocenters. The summed E-state index contributed by atoms with van der Waals surface area (Å²) in [7, 11) is 1.98. The van der Waals surface area contributed by atoms with Crippen molar-refractivity contribution in [1.29, 1.82) is 0 Å². The maximum Gasteiger partial charge on any atom is 0.276 e. The third-order valence-electron chi connectivity index (χ3n) is 4.34. The number of carbonyl (C=O) groups excluding carboxylic acids is 1. The van der Waals surface area contributed by atoms with Crippen LogP contribution in [-0.4, -0.2) is 41.9 Å². The van der Waals surface area contributed by atoms with Crippen LogP contribution in [0.4, 0.5) is 0 Å². The molecule has 0 bridgehead atoms. The number of hydrogen-bond acceptors (Lipinski definition) is 4. The molecule has 1 aromatic carbocycles. The van der Waals surface area contributed by atoms with Crippen molar-refractivity contribution < 1.29 is 4.79 Å². The highest BCUT2D eigenvalue weighted by molar-refractivity contribution is 5.92. The van der Waals surface area contributed by atoms with E-state index in [4.69, 9.17) is 0 Å². The molecule has 3 heterocycles. The number of aromatic nitrogens is 5. The van der Waals surface area contributed by atoms with Crippen molar-refractivity contribution in [2.24, 2.45) is 7.05 Å². The Morgan fingerprint density at radius 2 is 2.08 bits per heavy atom. The molecular formula is C17H18N6O. The summed E-state index contributed by atoms with van der Waals surface area (Å²) in [6.45, 7) is 1.81. The van der Waals surface area contributed by atoms with E-state index in [2.05, 4.69) is 15.3 Å². The summed E-state index contributed by atoms with van der Waals surface area (Å²) in [6, 6.07) is 9.99. The Morgan fingerprint density at radius 3 is 2.92 bits per heavy atom. The first-order valence-corrected chi connectivity index (χ1v) is 7.93. The number of fused-ring (bicyclic) bond motifs is 1. The van der Waals surface area contributed by atoms with Crippen molar-refractivity contribution in [3.8, 4) is 0 Å². The zero-order chi connectivity index (χ0) is 16.5. The van der Waals surface area contributed by atoms with Gasteiger partial charge in [0.15, 0.2) is 5.69 Å². The second-order valence-corrected chi connectivity index (χ2v) is 6.01. The number of amides is 1. The molecule has 1 amide bonds. The van der Waals surface area contributed by atoms with Crippen LogP contribution in [0.5, 0.6) is 0 Å². The minimum absolute atomic E-state index is 0.0920. The summed E-state index contributed by atoms with van der Waals surface area (Å²) >= 11 is 0. The minimum Gasteiger partial charge on any atom is -0.337 e. The van der Waals surface area contributed by atoms with Crippen LogP contribution in [0.15, 0.2) is 42.9 Å². The number of aryl methyl sites for hydroxylation is 1. The Kier molecular flexibility index (Phi) is 3.60. The molecule has 7 nitrogen and oxygen atoms in total. The van der Waals surface area contributed by atoms with Crippen molar-refractivity contribution in [1.82, 2.24) is 29.4 Å². The zero-order valence-corrected chi connectivity index (χ0v) is 13.5. The number of hydrogen-bond donors (Lipinski definition) is 0. The van der Waals surface area contributed by atoms with Crippen molar-refractivity contribution in [3.63, 3.8) is 0 Å². The van der Waals surface area contributed by atoms with E-state index < -0.39 is 0 Å². The maximum absolute atomic E-state index is 12.7. The van der Waals surface area contributed by atoms with Gasteiger partial charge in [-0.15, -0.1) is 5.10 Å². The van der Waals surface area contributed by atoms with Gasteiger partial charge in [-0.2, -0.15) is 0 Å². The number of nitrogens with zero attached hydrogens (tertiary/aromatic N) is 6. The van der Waals surface area contributed by atoms with Crippen molar-refractivity contribution in [2.45, 2.75) is 19.5 Å². The van der Waals surface area contributed by atoms with Crippen LogP contribution in [0, 0.1) is 0 Å². The fourth-order valence-corrected chi connectivity index (χ4v) is 3.04. The summed E-state index contributed by atoms with van der Waals surface area (Å²) in [5, 5.41) is 8.12. The van der Waals surface area contributed by atoms with Crippen LogP contribution in [0.25, 0.3) is 0 Å². The lowest BCUT2D eigenvalue weighted by Crippen LogP contribution is -2.36. The van der Waals surface area contributed by atoms with Crippen LogP contribution in [0.3, 0.4) is 0 Å². The highest BCUT2D eigenvalue weighted by Crippen LogP contribution is 2.18. The molecular weight excluding hydrogens is 304 g/mol. The van der Waals surface area contributed by atoms with Crippen molar-refractivity contribution in [3.05, 3.63) is 65.5 Å². The van der Waals surface area contributed by atoms with Crippen molar-refractivity contribution in [2.75, 3.05) is 6.54 Å². The summed E-state index contributed by atoms with van der Waals surface area (Å²) < 4.78 is 3.71. The topological polar surface area (TPSA) is 68.8 Å². The van der Waals surface area contributed by atoms with Gasteiger partial charge in [-0.1, -0.05) is 35.5 Å². The fourth-order valence-electron chi connectivity index (χ4n) is 3.04. The van der Waals surface area contributed by atoms with Gasteiger partial charge in [0.05, 0.1) is 31.3 Å². The number of benzene rings is 1. The first-order valence-electron chi connectivity index (χ1n) is 7.93. The van der Waals surface area contributed by atoms with Gasteiger partial charge in [-0.3, -0.25) is 4.79 Å². The normalized spacial score (nSPS) is 13.8. The van der Waals surface area contributed by atoms with Gasteiger partial charge in [-0.05, 0) is 5.56 Å². The smallest absolute Gasteiger partial charge is 0.276 e. The minimum atomic E-state index is -0.0920. The Labute approximate surface area is 139 Å². The molecule has 0 saturated carbocycles. The lowest BCUT2D eigenvalue weighted by molar-refractivity contribution is 0.0725. The van der Waals surface area contributed by atoms with E-state index in [-0.39, 0.29) is 5.91 Å². The van der Waals surface area contributed by atoms with Gasteiger partial charge < -0.3 is 9.47 Å². The predicted octanol–water partition coefficient (Wildman–Crippen LogP) is 1.26. The standard InChI is InChI=1S/C17H18N6O/c1-21-12-18-14-10-22(8-7-16(14)21)17(24)15-11-23(20-19-15)9-13-5-3-2-4-6-13/h2-6,11-12H,7-10H2,1H3. The molecule has 0 N–H and O–H groups in total. The summed E-state index contributed by atoms with van der Waals surface area (Å²) in [6.07, 6.45) is 4.33. The molecule has 122 valence electrons. The monoisotopic (exact) mass is 322 g/mol. The third kappa shape index (κ3) is 2.68. The quantitative estimate of drug-likeness (QED) is 0.728. The van der Waals surface area contributed by atoms with Crippen LogP contribution in [-0.2, 0) is 26.6 Å². The average molecular weight is 322 g/mol. The summed E-state index contributed by atoms with van der Waals surface area (Å²) in [5.74, 6) is -0.0920. The van der Waals surface area contributed by atoms with E-state index in [0.29, 0.717) is 25.3 Å². The van der Waals surface area contributed by atoms with Crippen LogP contribution in [0.1, 0.15) is 27.4 Å². The average Bonchev–Trinajstić information content (AvgIpc) is 3.22. The second-order valence-electron chi connectivity index (χ2n) is 6.01. The molecule has 0 saturated heterocycles. The Bertz CT molecular complexity index is 866. The van der Waals surface area contributed by atoms with E-state index in [1.807, 2.05) is 41.9 Å². The van der Waals surface area contributed by atoms with Gasteiger partial charge in [0, 0.05) is 25.7 Å². The summed E-state index contributed by atoms with van der Waals surface area (Å²) in [4.78, 5) is 18.8. The Balaban J connectivity index is 1.48. The maximum atomic E-state index is 12.7. The summed E-state index contributed by atoms with van der Waals surface area (Å²) in [5.41, 5.74) is 3.67. The number of imidazole rings is 1. The van der Waals surface area contributed by atoms with Crippen LogP contribution >= 0.6 is 0 Å². The fraction of sp³-hybridized carbons (Fsp3) is 0.294. The molecule has 7 heteroatoms. The predicted molar refractivity (Wildman–Crippen MR) is 87.2 cm³/mol. The Morgan fingerprint density at radius 1 is 1.25 bits per heavy atom.